The zero-order valence-corrected chi connectivity index (χ0v) is 13.0. The number of fused-ring (bicyclic) bond motifs is 2. The van der Waals surface area contributed by atoms with E-state index in [-0.39, 0.29) is 5.78 Å². The molecule has 0 amide bonds. The van der Waals surface area contributed by atoms with Crippen LogP contribution in [0.1, 0.15) is 10.4 Å². The van der Waals surface area contributed by atoms with Crippen molar-refractivity contribution in [3.05, 3.63) is 66.5 Å². The maximum atomic E-state index is 12.5. The van der Waals surface area contributed by atoms with Gasteiger partial charge in [-0.15, -0.1) is 5.10 Å². The summed E-state index contributed by atoms with van der Waals surface area (Å²) in [7, 11) is 0. The van der Waals surface area contributed by atoms with Crippen LogP contribution in [0, 0.1) is 0 Å². The second-order valence-corrected chi connectivity index (χ2v) is 6.16. The van der Waals surface area contributed by atoms with E-state index in [1.807, 2.05) is 48.5 Å². The van der Waals surface area contributed by atoms with Crippen molar-refractivity contribution in [2.75, 3.05) is 5.75 Å². The predicted molar refractivity (Wildman–Crippen MR) is 92.9 cm³/mol. The van der Waals surface area contributed by atoms with Gasteiger partial charge in [0.15, 0.2) is 5.78 Å². The van der Waals surface area contributed by atoms with Gasteiger partial charge in [0.05, 0.1) is 11.9 Å². The molecule has 4 rings (SSSR count). The van der Waals surface area contributed by atoms with Gasteiger partial charge >= 0.3 is 0 Å². The van der Waals surface area contributed by atoms with E-state index in [0.717, 1.165) is 32.3 Å². The fraction of sp³-hybridized carbons (Fsp3) is 0.0556. The smallest absolute Gasteiger partial charge is 0.175 e. The van der Waals surface area contributed by atoms with Gasteiger partial charge in [0.25, 0.3) is 0 Å². The number of para-hydroxylation sites is 1. The maximum Gasteiger partial charge on any atom is 0.175 e. The standard InChI is InChI=1S/C18H13N3OS/c22-17(15-10-19-16-8-4-3-7-14(15)16)11-23-18-13-6-2-1-5-12(13)9-20-21-18/h1-10,19H,11H2. The highest BCUT2D eigenvalue weighted by atomic mass is 32.2. The highest BCUT2D eigenvalue weighted by Crippen LogP contribution is 2.26. The first kappa shape index (κ1) is 14.0. The number of thioether (sulfide) groups is 1. The minimum absolute atomic E-state index is 0.0854. The minimum atomic E-state index is 0.0854. The van der Waals surface area contributed by atoms with Crippen LogP contribution in [0.25, 0.3) is 21.7 Å². The summed E-state index contributed by atoms with van der Waals surface area (Å²) < 4.78 is 0. The van der Waals surface area contributed by atoms with Crippen LogP contribution < -0.4 is 0 Å². The van der Waals surface area contributed by atoms with Gasteiger partial charge in [0, 0.05) is 33.4 Å². The van der Waals surface area contributed by atoms with Crippen LogP contribution in [-0.2, 0) is 0 Å². The molecule has 0 bridgehead atoms. The molecule has 0 unspecified atom stereocenters. The summed E-state index contributed by atoms with van der Waals surface area (Å²) in [6, 6.07) is 15.8. The summed E-state index contributed by atoms with van der Waals surface area (Å²) in [5, 5.41) is 12.0. The molecule has 5 heteroatoms. The van der Waals surface area contributed by atoms with Crippen molar-refractivity contribution < 1.29 is 4.79 Å². The molecule has 0 fully saturated rings. The van der Waals surface area contributed by atoms with E-state index >= 15 is 0 Å². The number of hydrogen-bond donors (Lipinski definition) is 1. The Kier molecular flexibility index (Phi) is 3.55. The molecule has 2 heterocycles. The number of carbonyl (C=O) groups excluding carboxylic acids is 1. The molecule has 0 aliphatic rings. The zero-order chi connectivity index (χ0) is 15.6. The van der Waals surface area contributed by atoms with E-state index in [1.54, 1.807) is 12.4 Å². The van der Waals surface area contributed by atoms with Crippen LogP contribution >= 0.6 is 11.8 Å². The van der Waals surface area contributed by atoms with Crippen LogP contribution in [0.15, 0.2) is 66.0 Å². The van der Waals surface area contributed by atoms with Crippen LogP contribution in [0.5, 0.6) is 0 Å². The fourth-order valence-corrected chi connectivity index (χ4v) is 3.49. The van der Waals surface area contributed by atoms with Crippen LogP contribution in [0.3, 0.4) is 0 Å². The van der Waals surface area contributed by atoms with Crippen molar-refractivity contribution in [2.45, 2.75) is 5.03 Å². The van der Waals surface area contributed by atoms with Crippen molar-refractivity contribution in [2.24, 2.45) is 0 Å². The van der Waals surface area contributed by atoms with Gasteiger partial charge in [0.1, 0.15) is 5.03 Å². The van der Waals surface area contributed by atoms with Gasteiger partial charge in [-0.25, -0.2) is 0 Å². The number of aromatic amines is 1. The van der Waals surface area contributed by atoms with Gasteiger partial charge in [-0.1, -0.05) is 54.2 Å². The molecule has 0 saturated heterocycles. The monoisotopic (exact) mass is 319 g/mol. The third kappa shape index (κ3) is 2.59. The van der Waals surface area contributed by atoms with Crippen molar-refractivity contribution in [1.82, 2.24) is 15.2 Å². The molecule has 0 atom stereocenters. The number of ketones is 1. The predicted octanol–water partition coefficient (Wildman–Crippen LogP) is 4.09. The first-order valence-corrected chi connectivity index (χ1v) is 8.24. The number of rotatable bonds is 4. The summed E-state index contributed by atoms with van der Waals surface area (Å²) in [6.45, 7) is 0. The average molecular weight is 319 g/mol. The molecule has 0 aliphatic carbocycles. The number of benzene rings is 2. The Labute approximate surface area is 136 Å². The van der Waals surface area contributed by atoms with Crippen molar-refractivity contribution in [3.8, 4) is 0 Å². The molecule has 23 heavy (non-hydrogen) atoms. The number of Topliss-reactive ketones (excluding diaryl/α,β-unsaturated/α-hetero) is 1. The molecule has 2 aromatic carbocycles. The topological polar surface area (TPSA) is 58.6 Å². The Balaban J connectivity index is 1.60. The SMILES string of the molecule is O=C(CSc1nncc2ccccc12)c1c[nH]c2ccccc12. The lowest BCUT2D eigenvalue weighted by atomic mass is 10.1. The first-order chi connectivity index (χ1) is 11.3. The third-order valence-corrected chi connectivity index (χ3v) is 4.75. The Hall–Kier alpha value is -2.66. The molecule has 1 N–H and O–H groups in total. The molecular weight excluding hydrogens is 306 g/mol. The van der Waals surface area contributed by atoms with E-state index in [0.29, 0.717) is 5.75 Å². The molecular formula is C18H13N3OS. The second kappa shape index (κ2) is 5.85. The zero-order valence-electron chi connectivity index (χ0n) is 12.2. The summed E-state index contributed by atoms with van der Waals surface area (Å²) in [4.78, 5) is 15.7. The minimum Gasteiger partial charge on any atom is -0.360 e. The van der Waals surface area contributed by atoms with Crippen LogP contribution in [0.2, 0.25) is 0 Å². The van der Waals surface area contributed by atoms with Gasteiger partial charge in [0.2, 0.25) is 0 Å². The third-order valence-electron chi connectivity index (χ3n) is 3.77. The summed E-state index contributed by atoms with van der Waals surface area (Å²) in [5.74, 6) is 0.423. The number of carbonyl (C=O) groups is 1. The van der Waals surface area contributed by atoms with E-state index in [1.165, 1.54) is 11.8 Å². The van der Waals surface area contributed by atoms with E-state index in [2.05, 4.69) is 15.2 Å². The van der Waals surface area contributed by atoms with Crippen molar-refractivity contribution >= 4 is 39.2 Å². The van der Waals surface area contributed by atoms with Gasteiger partial charge in [-0.2, -0.15) is 5.10 Å². The second-order valence-electron chi connectivity index (χ2n) is 5.20. The van der Waals surface area contributed by atoms with E-state index in [4.69, 9.17) is 0 Å². The van der Waals surface area contributed by atoms with E-state index < -0.39 is 0 Å². The van der Waals surface area contributed by atoms with Gasteiger partial charge < -0.3 is 4.98 Å². The van der Waals surface area contributed by atoms with Crippen LogP contribution in [0.4, 0.5) is 0 Å². The lowest BCUT2D eigenvalue weighted by Gasteiger charge is -2.03. The quantitative estimate of drug-likeness (QED) is 0.455. The summed E-state index contributed by atoms with van der Waals surface area (Å²) in [6.07, 6.45) is 3.52. The molecule has 0 radical (unpaired) electrons. The molecule has 0 spiro atoms. The molecule has 0 saturated carbocycles. The van der Waals surface area contributed by atoms with E-state index in [9.17, 15) is 4.79 Å². The Bertz CT molecular complexity index is 1000. The highest BCUT2D eigenvalue weighted by Gasteiger charge is 2.13. The number of nitrogens with one attached hydrogen (secondary N) is 1. The summed E-state index contributed by atoms with van der Waals surface area (Å²) >= 11 is 1.43. The average Bonchev–Trinajstić information content (AvgIpc) is 3.04. The molecule has 0 aliphatic heterocycles. The lowest BCUT2D eigenvalue weighted by molar-refractivity contribution is 0.102. The molecule has 4 aromatic rings. The normalized spacial score (nSPS) is 11.1. The largest absolute Gasteiger partial charge is 0.360 e. The Morgan fingerprint density at radius 3 is 2.74 bits per heavy atom. The number of H-pyrrole nitrogens is 1. The van der Waals surface area contributed by atoms with Crippen molar-refractivity contribution in [3.63, 3.8) is 0 Å². The molecule has 2 aromatic heterocycles. The lowest BCUT2D eigenvalue weighted by Crippen LogP contribution is -2.02. The number of hydrogen-bond acceptors (Lipinski definition) is 4. The Morgan fingerprint density at radius 1 is 1.04 bits per heavy atom. The number of aromatic nitrogens is 3. The summed E-state index contributed by atoms with van der Waals surface area (Å²) in [5.41, 5.74) is 1.70. The van der Waals surface area contributed by atoms with Crippen LogP contribution in [-0.4, -0.2) is 26.7 Å². The first-order valence-electron chi connectivity index (χ1n) is 7.25. The number of nitrogens with zero attached hydrogens (tertiary/aromatic N) is 2. The van der Waals surface area contributed by atoms with Crippen molar-refractivity contribution in [1.29, 1.82) is 0 Å². The highest BCUT2D eigenvalue weighted by molar-refractivity contribution is 8.00. The van der Waals surface area contributed by atoms with Gasteiger partial charge in [-0.3, -0.25) is 4.79 Å². The maximum absolute atomic E-state index is 12.5. The van der Waals surface area contributed by atoms with Gasteiger partial charge in [-0.05, 0) is 6.07 Å². The Morgan fingerprint density at radius 2 is 1.83 bits per heavy atom. The molecule has 4 nitrogen and oxygen atoms in total. The molecule has 112 valence electrons. The fourth-order valence-electron chi connectivity index (χ4n) is 2.62.